The summed E-state index contributed by atoms with van der Waals surface area (Å²) in [5, 5.41) is 8.73. The molecule has 3 heterocycles. The van der Waals surface area contributed by atoms with Gasteiger partial charge in [0, 0.05) is 29.7 Å². The van der Waals surface area contributed by atoms with Crippen LogP contribution in [0.25, 0.3) is 0 Å². The van der Waals surface area contributed by atoms with Gasteiger partial charge in [0.25, 0.3) is 0 Å². The number of aromatic amines is 3. The number of carboxylic acids is 1. The Morgan fingerprint density at radius 3 is 1.40 bits per heavy atom. The average Bonchev–Trinajstić information content (AvgIpc) is 3.91. The molecule has 0 aliphatic carbocycles. The number of rotatable bonds is 9. The topological polar surface area (TPSA) is 154 Å². The summed E-state index contributed by atoms with van der Waals surface area (Å²) in [7, 11) is 2.67. The SMILES string of the molecule is COC(=O)c1cc(C(=O)c2ccccc2)c[nH]1.COC(=O)c1cc(Cc2ccccc2)c[nH]1.O=C(O)c1cc(Cc2ccccc2)c[nH]1. The highest BCUT2D eigenvalue weighted by molar-refractivity contribution is 6.09. The van der Waals surface area contributed by atoms with Crippen LogP contribution in [0.5, 0.6) is 0 Å². The van der Waals surface area contributed by atoms with Gasteiger partial charge in [0.2, 0.25) is 0 Å². The molecule has 0 aliphatic rings. The lowest BCUT2D eigenvalue weighted by molar-refractivity contribution is 0.0586. The van der Waals surface area contributed by atoms with Crippen LogP contribution in [0, 0.1) is 0 Å². The van der Waals surface area contributed by atoms with Crippen LogP contribution in [0.15, 0.2) is 128 Å². The first kappa shape index (κ1) is 34.5. The van der Waals surface area contributed by atoms with Crippen LogP contribution in [-0.4, -0.2) is 58.0 Å². The molecular formula is C38H35N3O7. The van der Waals surface area contributed by atoms with Crippen molar-refractivity contribution in [2.45, 2.75) is 12.8 Å². The van der Waals surface area contributed by atoms with Crippen molar-refractivity contribution in [3.63, 3.8) is 0 Å². The Kier molecular flexibility index (Phi) is 12.4. The molecule has 0 saturated carbocycles. The number of H-pyrrole nitrogens is 3. The van der Waals surface area contributed by atoms with Crippen molar-refractivity contribution in [1.29, 1.82) is 0 Å². The van der Waals surface area contributed by atoms with E-state index < -0.39 is 11.9 Å². The quantitative estimate of drug-likeness (QED) is 0.100. The number of esters is 2. The number of hydrogen-bond acceptors (Lipinski definition) is 6. The molecule has 0 spiro atoms. The minimum atomic E-state index is -0.922. The van der Waals surface area contributed by atoms with E-state index in [0.717, 1.165) is 24.0 Å². The van der Waals surface area contributed by atoms with Crippen molar-refractivity contribution in [2.24, 2.45) is 0 Å². The van der Waals surface area contributed by atoms with Gasteiger partial charge in [0.15, 0.2) is 5.78 Å². The molecule has 10 heteroatoms. The van der Waals surface area contributed by atoms with Gasteiger partial charge in [-0.1, -0.05) is 91.0 Å². The predicted molar refractivity (Wildman–Crippen MR) is 180 cm³/mol. The fourth-order valence-corrected chi connectivity index (χ4v) is 4.61. The van der Waals surface area contributed by atoms with Crippen LogP contribution in [0.2, 0.25) is 0 Å². The molecule has 244 valence electrons. The van der Waals surface area contributed by atoms with E-state index in [2.05, 4.69) is 36.6 Å². The van der Waals surface area contributed by atoms with E-state index in [9.17, 15) is 19.2 Å². The van der Waals surface area contributed by atoms with Gasteiger partial charge in [-0.2, -0.15) is 0 Å². The third kappa shape index (κ3) is 10.0. The van der Waals surface area contributed by atoms with E-state index in [4.69, 9.17) is 5.11 Å². The van der Waals surface area contributed by atoms with Gasteiger partial charge < -0.3 is 29.5 Å². The smallest absolute Gasteiger partial charge is 0.354 e. The minimum absolute atomic E-state index is 0.128. The first-order valence-electron chi connectivity index (χ1n) is 14.9. The standard InChI is InChI=1S/C13H11NO3.C13H13NO2.C12H11NO2/c1-17-13(16)11-7-10(8-14-11)12(15)9-5-3-2-4-6-9;1-16-13(15)12-8-11(9-14-12)7-10-5-3-2-4-6-10;14-12(15)11-7-10(8-13-11)6-9-4-2-1-3-5-9/h2-8,14H,1H3;2-6,8-9,14H,7H2,1H3;1-5,7-8,13H,6H2,(H,14,15). The highest BCUT2D eigenvalue weighted by Gasteiger charge is 2.14. The second-order valence-electron chi connectivity index (χ2n) is 10.5. The van der Waals surface area contributed by atoms with Crippen LogP contribution >= 0.6 is 0 Å². The maximum Gasteiger partial charge on any atom is 0.354 e. The molecule has 0 saturated heterocycles. The van der Waals surface area contributed by atoms with Crippen LogP contribution < -0.4 is 0 Å². The first-order valence-corrected chi connectivity index (χ1v) is 14.9. The monoisotopic (exact) mass is 645 g/mol. The molecule has 3 aromatic carbocycles. The minimum Gasteiger partial charge on any atom is -0.477 e. The van der Waals surface area contributed by atoms with Crippen LogP contribution in [0.3, 0.4) is 0 Å². The highest BCUT2D eigenvalue weighted by Crippen LogP contribution is 2.13. The number of aromatic nitrogens is 3. The lowest BCUT2D eigenvalue weighted by Gasteiger charge is -1.97. The van der Waals surface area contributed by atoms with Crippen molar-refractivity contribution < 1.29 is 33.8 Å². The summed E-state index contributed by atoms with van der Waals surface area (Å²) in [6.07, 6.45) is 6.64. The number of nitrogens with one attached hydrogen (secondary N) is 3. The van der Waals surface area contributed by atoms with E-state index in [1.807, 2.05) is 66.9 Å². The van der Waals surface area contributed by atoms with E-state index >= 15 is 0 Å². The van der Waals surface area contributed by atoms with Crippen molar-refractivity contribution in [3.8, 4) is 0 Å². The molecule has 4 N–H and O–H groups in total. The molecule has 0 amide bonds. The van der Waals surface area contributed by atoms with Crippen LogP contribution in [-0.2, 0) is 22.3 Å². The molecule has 0 bridgehead atoms. The zero-order valence-corrected chi connectivity index (χ0v) is 26.4. The summed E-state index contributed by atoms with van der Waals surface area (Å²) in [6, 6.07) is 33.9. The van der Waals surface area contributed by atoms with Gasteiger partial charge >= 0.3 is 17.9 Å². The molecule has 6 rings (SSSR count). The number of aromatic carboxylic acids is 1. The Morgan fingerprint density at radius 1 is 0.521 bits per heavy atom. The summed E-state index contributed by atoms with van der Waals surface area (Å²) < 4.78 is 9.18. The molecule has 0 aliphatic heterocycles. The van der Waals surface area contributed by atoms with E-state index in [-0.39, 0.29) is 23.1 Å². The average molecular weight is 646 g/mol. The summed E-state index contributed by atoms with van der Waals surface area (Å²) in [6.45, 7) is 0. The lowest BCUT2D eigenvalue weighted by atomic mass is 10.1. The van der Waals surface area contributed by atoms with Gasteiger partial charge in [-0.3, -0.25) is 4.79 Å². The largest absolute Gasteiger partial charge is 0.477 e. The van der Waals surface area contributed by atoms with Gasteiger partial charge in [0.05, 0.1) is 14.2 Å². The molecule has 6 aromatic rings. The molecular weight excluding hydrogens is 610 g/mol. The van der Waals surface area contributed by atoms with E-state index in [0.29, 0.717) is 16.8 Å². The molecule has 0 fully saturated rings. The second kappa shape index (κ2) is 17.3. The fourth-order valence-electron chi connectivity index (χ4n) is 4.61. The van der Waals surface area contributed by atoms with Crippen molar-refractivity contribution in [2.75, 3.05) is 14.2 Å². The number of methoxy groups -OCH3 is 2. The summed E-state index contributed by atoms with van der Waals surface area (Å²) in [5.41, 5.74) is 6.48. The summed E-state index contributed by atoms with van der Waals surface area (Å²) in [5.74, 6) is -1.87. The second-order valence-corrected chi connectivity index (χ2v) is 10.5. The molecule has 0 unspecified atom stereocenters. The van der Waals surface area contributed by atoms with E-state index in [1.165, 1.54) is 37.6 Å². The van der Waals surface area contributed by atoms with Gasteiger partial charge in [0.1, 0.15) is 17.1 Å². The van der Waals surface area contributed by atoms with Gasteiger partial charge in [-0.25, -0.2) is 14.4 Å². The van der Waals surface area contributed by atoms with Crippen LogP contribution in [0.1, 0.15) is 69.6 Å². The molecule has 10 nitrogen and oxygen atoms in total. The Balaban J connectivity index is 0.000000163. The zero-order chi connectivity index (χ0) is 34.3. The molecule has 0 atom stereocenters. The summed E-state index contributed by atoms with van der Waals surface area (Å²) >= 11 is 0. The Hall–Kier alpha value is -6.42. The van der Waals surface area contributed by atoms with Gasteiger partial charge in [-0.15, -0.1) is 0 Å². The third-order valence-electron chi connectivity index (χ3n) is 7.01. The number of hydrogen-bond donors (Lipinski definition) is 4. The maximum atomic E-state index is 12.0. The van der Waals surface area contributed by atoms with Crippen LogP contribution in [0.4, 0.5) is 0 Å². The van der Waals surface area contributed by atoms with Crippen molar-refractivity contribution in [1.82, 2.24) is 15.0 Å². The van der Waals surface area contributed by atoms with E-state index in [1.54, 1.807) is 36.5 Å². The third-order valence-corrected chi connectivity index (χ3v) is 7.01. The Morgan fingerprint density at radius 2 is 0.938 bits per heavy atom. The normalized spacial score (nSPS) is 10.0. The van der Waals surface area contributed by atoms with Gasteiger partial charge in [-0.05, 0) is 53.3 Å². The highest BCUT2D eigenvalue weighted by atomic mass is 16.5. The Bertz CT molecular complexity index is 1920. The fraction of sp³-hybridized carbons (Fsp3) is 0.105. The first-order chi connectivity index (χ1) is 23.3. The Labute approximate surface area is 277 Å². The number of ketones is 1. The lowest BCUT2D eigenvalue weighted by Crippen LogP contribution is -2.01. The maximum absolute atomic E-state index is 12.0. The predicted octanol–water partition coefficient (Wildman–Crippen LogP) is 6.73. The molecule has 48 heavy (non-hydrogen) atoms. The molecule has 0 radical (unpaired) electrons. The van der Waals surface area contributed by atoms with Crippen molar-refractivity contribution in [3.05, 3.63) is 178 Å². The number of carbonyl (C=O) groups is 4. The number of ether oxygens (including phenoxy) is 2. The number of carboxylic acid groups (broad SMARTS) is 1. The zero-order valence-electron chi connectivity index (χ0n) is 26.4. The number of carbonyl (C=O) groups excluding carboxylic acids is 3. The molecule has 3 aromatic heterocycles. The van der Waals surface area contributed by atoms with Crippen molar-refractivity contribution >= 4 is 23.7 Å². The summed E-state index contributed by atoms with van der Waals surface area (Å²) in [4.78, 5) is 53.4. The number of benzene rings is 3.